The van der Waals surface area contributed by atoms with Crippen LogP contribution in [0.15, 0.2) is 0 Å². The van der Waals surface area contributed by atoms with Gasteiger partial charge in [0.15, 0.2) is 0 Å². The first-order valence-electron chi connectivity index (χ1n) is 8.00. The molecule has 0 saturated carbocycles. The van der Waals surface area contributed by atoms with Crippen LogP contribution in [0.3, 0.4) is 0 Å². The first kappa shape index (κ1) is 15.8. The Morgan fingerprint density at radius 1 is 1.35 bits per heavy atom. The monoisotopic (exact) mass is 282 g/mol. The molecule has 1 N–H and O–H groups in total. The fourth-order valence-electron chi connectivity index (χ4n) is 3.42. The van der Waals surface area contributed by atoms with Crippen molar-refractivity contribution in [2.75, 3.05) is 19.8 Å². The van der Waals surface area contributed by atoms with Gasteiger partial charge in [0.1, 0.15) is 0 Å². The van der Waals surface area contributed by atoms with Gasteiger partial charge in [0, 0.05) is 43.8 Å². The van der Waals surface area contributed by atoms with E-state index in [1.165, 1.54) is 19.3 Å². The molecular formula is C16H30N2O2. The van der Waals surface area contributed by atoms with Gasteiger partial charge in [-0.3, -0.25) is 4.79 Å². The van der Waals surface area contributed by atoms with Crippen LogP contribution in [0.5, 0.6) is 0 Å². The molecule has 0 bridgehead atoms. The molecule has 1 amide bonds. The summed E-state index contributed by atoms with van der Waals surface area (Å²) in [7, 11) is 0. The molecule has 2 rings (SSSR count). The van der Waals surface area contributed by atoms with Gasteiger partial charge in [0.05, 0.1) is 0 Å². The predicted molar refractivity (Wildman–Crippen MR) is 80.6 cm³/mol. The van der Waals surface area contributed by atoms with Crippen LogP contribution in [-0.4, -0.2) is 48.2 Å². The fourth-order valence-corrected chi connectivity index (χ4v) is 3.42. The number of carbonyl (C=O) groups is 1. The van der Waals surface area contributed by atoms with Crippen molar-refractivity contribution < 1.29 is 9.53 Å². The zero-order chi connectivity index (χ0) is 14.8. The summed E-state index contributed by atoms with van der Waals surface area (Å²) in [6.07, 6.45) is 4.21. The summed E-state index contributed by atoms with van der Waals surface area (Å²) in [6, 6.07) is 0.799. The largest absolute Gasteiger partial charge is 0.381 e. The first-order chi connectivity index (χ1) is 9.36. The molecule has 2 atom stereocenters. The van der Waals surface area contributed by atoms with E-state index in [0.717, 1.165) is 25.7 Å². The van der Waals surface area contributed by atoms with Gasteiger partial charge in [-0.05, 0) is 52.9 Å². The highest BCUT2D eigenvalue weighted by atomic mass is 16.5. The average molecular weight is 282 g/mol. The molecular weight excluding hydrogens is 252 g/mol. The third kappa shape index (κ3) is 4.19. The first-order valence-corrected chi connectivity index (χ1v) is 8.00. The minimum Gasteiger partial charge on any atom is -0.381 e. The molecule has 2 saturated heterocycles. The zero-order valence-electron chi connectivity index (χ0n) is 13.4. The number of nitrogens with zero attached hydrogens (tertiary/aromatic N) is 1. The van der Waals surface area contributed by atoms with E-state index in [4.69, 9.17) is 4.74 Å². The lowest BCUT2D eigenvalue weighted by atomic mass is 9.93. The second-order valence-corrected chi connectivity index (χ2v) is 7.44. The number of amides is 1. The summed E-state index contributed by atoms with van der Waals surface area (Å²) >= 11 is 0. The van der Waals surface area contributed by atoms with Crippen molar-refractivity contribution in [1.29, 1.82) is 0 Å². The van der Waals surface area contributed by atoms with Gasteiger partial charge in [-0.2, -0.15) is 0 Å². The number of likely N-dealkylation sites (tertiary alicyclic amines) is 1. The average Bonchev–Trinajstić information content (AvgIpc) is 2.71. The summed E-state index contributed by atoms with van der Waals surface area (Å²) < 4.78 is 5.41. The SMILES string of the molecule is C[C@@H](CC1CCOCC1)N[C@@H]1CC(=O)N(C(C)(C)C)C1. The van der Waals surface area contributed by atoms with E-state index in [2.05, 4.69) is 33.0 Å². The number of hydrogen-bond acceptors (Lipinski definition) is 3. The topological polar surface area (TPSA) is 41.6 Å². The van der Waals surface area contributed by atoms with Gasteiger partial charge >= 0.3 is 0 Å². The minimum atomic E-state index is -0.0581. The highest BCUT2D eigenvalue weighted by Gasteiger charge is 2.36. The van der Waals surface area contributed by atoms with E-state index in [1.807, 2.05) is 4.90 Å². The molecule has 0 spiro atoms. The number of hydrogen-bond donors (Lipinski definition) is 1. The van der Waals surface area contributed by atoms with Crippen LogP contribution in [0, 0.1) is 5.92 Å². The molecule has 0 aromatic rings. The van der Waals surface area contributed by atoms with Crippen molar-refractivity contribution in [1.82, 2.24) is 10.2 Å². The summed E-state index contributed by atoms with van der Waals surface area (Å²) in [5.41, 5.74) is -0.0581. The fraction of sp³-hybridized carbons (Fsp3) is 0.938. The Morgan fingerprint density at radius 2 is 2.00 bits per heavy atom. The summed E-state index contributed by atoms with van der Waals surface area (Å²) in [4.78, 5) is 14.1. The van der Waals surface area contributed by atoms with Gasteiger partial charge in [-0.25, -0.2) is 0 Å². The van der Waals surface area contributed by atoms with Crippen molar-refractivity contribution in [2.24, 2.45) is 5.92 Å². The highest BCUT2D eigenvalue weighted by molar-refractivity contribution is 5.80. The number of nitrogens with one attached hydrogen (secondary N) is 1. The molecule has 2 aliphatic rings. The molecule has 2 aliphatic heterocycles. The molecule has 0 aromatic heterocycles. The third-order valence-corrected chi connectivity index (χ3v) is 4.48. The van der Waals surface area contributed by atoms with E-state index in [0.29, 0.717) is 18.5 Å². The molecule has 116 valence electrons. The molecule has 0 aromatic carbocycles. The Hall–Kier alpha value is -0.610. The van der Waals surface area contributed by atoms with Crippen LogP contribution in [0.25, 0.3) is 0 Å². The number of ether oxygens (including phenoxy) is 1. The van der Waals surface area contributed by atoms with Crippen LogP contribution in [0.2, 0.25) is 0 Å². The maximum absolute atomic E-state index is 12.1. The molecule has 0 aliphatic carbocycles. The highest BCUT2D eigenvalue weighted by Crippen LogP contribution is 2.24. The lowest BCUT2D eigenvalue weighted by molar-refractivity contribution is -0.131. The van der Waals surface area contributed by atoms with Crippen LogP contribution in [0.1, 0.15) is 53.4 Å². The molecule has 0 radical (unpaired) electrons. The van der Waals surface area contributed by atoms with Gasteiger partial charge in [0.2, 0.25) is 5.91 Å². The molecule has 2 fully saturated rings. The van der Waals surface area contributed by atoms with Crippen molar-refractivity contribution in [2.45, 2.75) is 71.0 Å². The molecule has 0 unspecified atom stereocenters. The van der Waals surface area contributed by atoms with E-state index < -0.39 is 0 Å². The Kier molecular flexibility index (Phi) is 5.08. The second kappa shape index (κ2) is 6.44. The maximum atomic E-state index is 12.1. The Morgan fingerprint density at radius 3 is 2.55 bits per heavy atom. The lowest BCUT2D eigenvalue weighted by Gasteiger charge is -2.32. The van der Waals surface area contributed by atoms with Crippen molar-refractivity contribution in [3.05, 3.63) is 0 Å². The van der Waals surface area contributed by atoms with Crippen LogP contribution < -0.4 is 5.32 Å². The molecule has 20 heavy (non-hydrogen) atoms. The Labute approximate surface area is 123 Å². The van der Waals surface area contributed by atoms with E-state index in [1.54, 1.807) is 0 Å². The summed E-state index contributed by atoms with van der Waals surface area (Å²) in [6.45, 7) is 11.3. The Bertz CT molecular complexity index is 332. The zero-order valence-corrected chi connectivity index (χ0v) is 13.4. The summed E-state index contributed by atoms with van der Waals surface area (Å²) in [5, 5.41) is 3.66. The van der Waals surface area contributed by atoms with E-state index in [-0.39, 0.29) is 11.4 Å². The van der Waals surface area contributed by atoms with Gasteiger partial charge in [-0.1, -0.05) is 0 Å². The van der Waals surface area contributed by atoms with Crippen molar-refractivity contribution in [3.63, 3.8) is 0 Å². The Balaban J connectivity index is 1.77. The third-order valence-electron chi connectivity index (χ3n) is 4.48. The lowest BCUT2D eigenvalue weighted by Crippen LogP contribution is -2.45. The van der Waals surface area contributed by atoms with Crippen molar-refractivity contribution >= 4 is 5.91 Å². The minimum absolute atomic E-state index is 0.0581. The van der Waals surface area contributed by atoms with Crippen LogP contribution >= 0.6 is 0 Å². The van der Waals surface area contributed by atoms with Crippen LogP contribution in [0.4, 0.5) is 0 Å². The van der Waals surface area contributed by atoms with Gasteiger partial charge in [0.25, 0.3) is 0 Å². The normalized spacial score (nSPS) is 27.1. The number of carbonyl (C=O) groups excluding carboxylic acids is 1. The van der Waals surface area contributed by atoms with E-state index >= 15 is 0 Å². The molecule has 2 heterocycles. The van der Waals surface area contributed by atoms with Gasteiger partial charge in [-0.15, -0.1) is 0 Å². The van der Waals surface area contributed by atoms with E-state index in [9.17, 15) is 4.79 Å². The molecule has 4 nitrogen and oxygen atoms in total. The van der Waals surface area contributed by atoms with Crippen LogP contribution in [-0.2, 0) is 9.53 Å². The molecule has 4 heteroatoms. The predicted octanol–water partition coefficient (Wildman–Crippen LogP) is 2.18. The smallest absolute Gasteiger partial charge is 0.224 e. The second-order valence-electron chi connectivity index (χ2n) is 7.44. The van der Waals surface area contributed by atoms with Crippen molar-refractivity contribution in [3.8, 4) is 0 Å². The quantitative estimate of drug-likeness (QED) is 0.859. The maximum Gasteiger partial charge on any atom is 0.224 e. The number of rotatable bonds is 4. The summed E-state index contributed by atoms with van der Waals surface area (Å²) in [5.74, 6) is 1.07. The standard InChI is InChI=1S/C16H30N2O2/c1-12(9-13-5-7-20-8-6-13)17-14-10-15(19)18(11-14)16(2,3)4/h12-14,17H,5-11H2,1-4H3/t12-,14+/m0/s1. The van der Waals surface area contributed by atoms with Gasteiger partial charge < -0.3 is 15.0 Å².